The molecule has 6 heterocycles. The Morgan fingerprint density at radius 1 is 1.04 bits per heavy atom. The number of terminal acetylenes is 1. The van der Waals surface area contributed by atoms with E-state index in [0.29, 0.717) is 65.8 Å². The third kappa shape index (κ3) is 4.71. The maximum absolute atomic E-state index is 17.2. The van der Waals surface area contributed by atoms with Crippen LogP contribution in [0.15, 0.2) is 24.3 Å². The Bertz CT molecular complexity index is 1980. The molecule has 242 valence electrons. The highest BCUT2D eigenvalue weighted by molar-refractivity contribution is 6.03. The summed E-state index contributed by atoms with van der Waals surface area (Å²) in [6.45, 7) is 2.84. The largest absolute Gasteiger partial charge is 0.508 e. The lowest BCUT2D eigenvalue weighted by Gasteiger charge is -2.35. The quantitative estimate of drug-likeness (QED) is 0.264. The van der Waals surface area contributed by atoms with Crippen LogP contribution in [0, 0.1) is 24.0 Å². The van der Waals surface area contributed by atoms with Crippen LogP contribution in [0.3, 0.4) is 0 Å². The summed E-state index contributed by atoms with van der Waals surface area (Å²) < 4.78 is 53.1. The van der Waals surface area contributed by atoms with Crippen molar-refractivity contribution in [3.8, 4) is 35.4 Å². The lowest BCUT2D eigenvalue weighted by Crippen LogP contribution is -2.51. The van der Waals surface area contributed by atoms with E-state index in [2.05, 4.69) is 21.0 Å². The van der Waals surface area contributed by atoms with Crippen LogP contribution in [-0.2, 0) is 0 Å². The average Bonchev–Trinajstić information content (AvgIpc) is 3.65. The van der Waals surface area contributed by atoms with Gasteiger partial charge in [0.25, 0.3) is 0 Å². The summed E-state index contributed by atoms with van der Waals surface area (Å²) in [7, 11) is 0. The van der Waals surface area contributed by atoms with Gasteiger partial charge in [-0.2, -0.15) is 9.97 Å². The van der Waals surface area contributed by atoms with E-state index in [0.717, 1.165) is 45.1 Å². The number of benzene rings is 2. The predicted molar refractivity (Wildman–Crippen MR) is 172 cm³/mol. The van der Waals surface area contributed by atoms with E-state index < -0.39 is 23.3 Å². The van der Waals surface area contributed by atoms with Gasteiger partial charge < -0.3 is 20.1 Å². The minimum atomic E-state index is -0.912. The summed E-state index contributed by atoms with van der Waals surface area (Å²) >= 11 is 0. The van der Waals surface area contributed by atoms with Crippen molar-refractivity contribution in [2.45, 2.75) is 74.7 Å². The summed E-state index contributed by atoms with van der Waals surface area (Å²) in [5.41, 5.74) is 0.415. The van der Waals surface area contributed by atoms with Gasteiger partial charge in [-0.25, -0.2) is 18.2 Å². The minimum Gasteiger partial charge on any atom is -0.508 e. The Morgan fingerprint density at radius 2 is 1.85 bits per heavy atom. The van der Waals surface area contributed by atoms with Gasteiger partial charge in [0, 0.05) is 55.0 Å². The molecule has 4 atom stereocenters. The van der Waals surface area contributed by atoms with E-state index in [1.807, 2.05) is 0 Å². The van der Waals surface area contributed by atoms with Gasteiger partial charge in [0.15, 0.2) is 5.82 Å². The first-order valence-corrected chi connectivity index (χ1v) is 16.7. The lowest BCUT2D eigenvalue weighted by molar-refractivity contribution is 0.107. The van der Waals surface area contributed by atoms with Gasteiger partial charge in [0.05, 0.1) is 22.2 Å². The van der Waals surface area contributed by atoms with Crippen LogP contribution in [0.1, 0.15) is 62.1 Å². The monoisotopic (exact) mass is 640 g/mol. The van der Waals surface area contributed by atoms with Crippen molar-refractivity contribution in [3.63, 3.8) is 0 Å². The molecule has 2 unspecified atom stereocenters. The average molecular weight is 641 g/mol. The molecule has 5 aliphatic rings. The number of nitrogens with zero attached hydrogens (tertiary/aromatic N) is 5. The highest BCUT2D eigenvalue weighted by atomic mass is 19.1. The standard InChI is InChI=1S/C36H35F3N6O2/c1-2-25-27(38)9-6-20-12-24(46)13-26(28(20)25)32-30(39)33-29(31(41-32)19-4-5-19)34(44-16-22-7-8-23(17-44)40-22)43-35(42-33)47-18-36-10-3-11-45(36)15-21(37)14-36/h1,6,9,12-13,19,21-23,40,46H,3-5,7-8,10-11,14-18H2/t21-,22?,23?,36+/m1/s1. The van der Waals surface area contributed by atoms with Crippen molar-refractivity contribution in [1.29, 1.82) is 0 Å². The van der Waals surface area contributed by atoms with Crippen molar-refractivity contribution in [3.05, 3.63) is 47.2 Å². The number of hydrogen-bond donors (Lipinski definition) is 2. The first kappa shape index (κ1) is 29.0. The number of anilines is 1. The van der Waals surface area contributed by atoms with Gasteiger partial charge in [0.2, 0.25) is 0 Å². The molecule has 0 spiro atoms. The Morgan fingerprint density at radius 3 is 2.62 bits per heavy atom. The maximum Gasteiger partial charge on any atom is 0.319 e. The van der Waals surface area contributed by atoms with E-state index in [9.17, 15) is 9.50 Å². The van der Waals surface area contributed by atoms with Crippen LogP contribution in [0.4, 0.5) is 19.0 Å². The van der Waals surface area contributed by atoms with Gasteiger partial charge >= 0.3 is 6.01 Å². The van der Waals surface area contributed by atoms with Crippen LogP contribution < -0.4 is 15.0 Å². The van der Waals surface area contributed by atoms with Crippen molar-refractivity contribution < 1.29 is 23.0 Å². The summed E-state index contributed by atoms with van der Waals surface area (Å²) in [6.07, 6.45) is 10.9. The number of phenolic OH excluding ortho intramolecular Hbond substituents is 1. The molecule has 9 rings (SSSR count). The lowest BCUT2D eigenvalue weighted by atomic mass is 9.95. The van der Waals surface area contributed by atoms with Crippen LogP contribution >= 0.6 is 0 Å². The summed E-state index contributed by atoms with van der Waals surface area (Å²) in [5, 5.41) is 15.7. The molecule has 8 nitrogen and oxygen atoms in total. The number of phenols is 1. The van der Waals surface area contributed by atoms with Crippen molar-refractivity contribution in [1.82, 2.24) is 25.2 Å². The first-order valence-electron chi connectivity index (χ1n) is 16.7. The number of aromatic nitrogens is 3. The van der Waals surface area contributed by atoms with Gasteiger partial charge in [-0.05, 0) is 68.7 Å². The summed E-state index contributed by atoms with van der Waals surface area (Å²) in [6, 6.07) is 6.24. The normalized spacial score (nSPS) is 27.1. The smallest absolute Gasteiger partial charge is 0.319 e. The van der Waals surface area contributed by atoms with Crippen molar-refractivity contribution >= 4 is 27.5 Å². The van der Waals surface area contributed by atoms with Crippen LogP contribution in [-0.4, -0.2) is 81.5 Å². The number of pyridine rings is 1. The molecule has 4 saturated heterocycles. The van der Waals surface area contributed by atoms with Gasteiger partial charge in [-0.3, -0.25) is 4.90 Å². The van der Waals surface area contributed by atoms with Crippen LogP contribution in [0.2, 0.25) is 0 Å². The number of alkyl halides is 1. The SMILES string of the molecule is C#Cc1c(F)ccc2cc(O)cc(-c3nc(C4CC4)c4c(N5CC6CCC(C5)N6)nc(OC[C@@]56CCCN5C[C@H](F)C6)nc4c3F)c12. The van der Waals surface area contributed by atoms with Crippen LogP contribution in [0.25, 0.3) is 32.9 Å². The van der Waals surface area contributed by atoms with E-state index in [1.165, 1.54) is 24.3 Å². The molecule has 2 aromatic heterocycles. The van der Waals surface area contributed by atoms with E-state index >= 15 is 8.78 Å². The third-order valence-electron chi connectivity index (χ3n) is 10.9. The number of rotatable bonds is 6. The number of halogens is 3. The van der Waals surface area contributed by atoms with E-state index in [-0.39, 0.29) is 46.6 Å². The van der Waals surface area contributed by atoms with Gasteiger partial charge in [-0.15, -0.1) is 6.42 Å². The number of piperazine rings is 1. The zero-order chi connectivity index (χ0) is 32.0. The summed E-state index contributed by atoms with van der Waals surface area (Å²) in [4.78, 5) is 19.0. The second-order valence-electron chi connectivity index (χ2n) is 14.1. The fraction of sp³-hybridized carbons (Fsp3) is 0.472. The fourth-order valence-corrected chi connectivity index (χ4v) is 8.66. The number of ether oxygens (including phenoxy) is 1. The minimum absolute atomic E-state index is 0.0291. The second kappa shape index (κ2) is 10.7. The van der Waals surface area contributed by atoms with E-state index in [4.69, 9.17) is 26.1 Å². The molecule has 0 amide bonds. The molecule has 5 fully saturated rings. The highest BCUT2D eigenvalue weighted by Crippen LogP contribution is 2.48. The Labute approximate surface area is 270 Å². The van der Waals surface area contributed by atoms with Gasteiger partial charge in [-0.1, -0.05) is 12.0 Å². The molecular weight excluding hydrogens is 605 g/mol. The van der Waals surface area contributed by atoms with E-state index in [1.54, 1.807) is 0 Å². The zero-order valence-electron chi connectivity index (χ0n) is 25.9. The Balaban J connectivity index is 1.25. The second-order valence-corrected chi connectivity index (χ2v) is 14.1. The molecule has 1 saturated carbocycles. The first-order chi connectivity index (χ1) is 22.8. The number of hydrogen-bond acceptors (Lipinski definition) is 8. The molecule has 0 radical (unpaired) electrons. The molecular formula is C36H35F3N6O2. The van der Waals surface area contributed by atoms with Crippen molar-refractivity contribution in [2.75, 3.05) is 37.7 Å². The number of nitrogens with one attached hydrogen (secondary N) is 1. The fourth-order valence-electron chi connectivity index (χ4n) is 8.66. The molecule has 2 aromatic carbocycles. The molecule has 1 aliphatic carbocycles. The van der Waals surface area contributed by atoms with Crippen molar-refractivity contribution in [2.24, 2.45) is 0 Å². The zero-order valence-corrected chi connectivity index (χ0v) is 25.9. The topological polar surface area (TPSA) is 86.6 Å². The third-order valence-corrected chi connectivity index (χ3v) is 10.9. The number of aromatic hydroxyl groups is 1. The Hall–Kier alpha value is -4.14. The molecule has 4 aromatic rings. The van der Waals surface area contributed by atoms with Gasteiger partial charge in [0.1, 0.15) is 41.4 Å². The molecule has 2 bridgehead atoms. The molecule has 4 aliphatic heterocycles. The Kier molecular flexibility index (Phi) is 6.60. The number of fused-ring (bicyclic) bond motifs is 5. The predicted octanol–water partition coefficient (Wildman–Crippen LogP) is 5.58. The van der Waals surface area contributed by atoms with Crippen LogP contribution in [0.5, 0.6) is 11.8 Å². The summed E-state index contributed by atoms with van der Waals surface area (Å²) in [5.74, 6) is 1.62. The highest BCUT2D eigenvalue weighted by Gasteiger charge is 2.49. The molecule has 11 heteroatoms. The molecule has 47 heavy (non-hydrogen) atoms. The maximum atomic E-state index is 17.2. The molecule has 2 N–H and O–H groups in total.